The second-order valence-electron chi connectivity index (χ2n) is 6.35. The van der Waals surface area contributed by atoms with E-state index in [9.17, 15) is 4.79 Å². The van der Waals surface area contributed by atoms with Crippen molar-refractivity contribution in [3.8, 4) is 17.2 Å². The number of benzene rings is 2. The lowest BCUT2D eigenvalue weighted by atomic mass is 10.1. The zero-order valence-electron chi connectivity index (χ0n) is 16.1. The fourth-order valence-electron chi connectivity index (χ4n) is 2.74. The van der Waals surface area contributed by atoms with Crippen molar-refractivity contribution in [3.05, 3.63) is 51.5 Å². The maximum Gasteiger partial charge on any atom is 0.303 e. The minimum atomic E-state index is -0.857. The Morgan fingerprint density at radius 2 is 1.67 bits per heavy atom. The Labute approximate surface area is 164 Å². The van der Waals surface area contributed by atoms with E-state index in [2.05, 4.69) is 13.0 Å². The molecule has 0 aromatic heterocycles. The van der Waals surface area contributed by atoms with Gasteiger partial charge in [-0.2, -0.15) is 0 Å². The summed E-state index contributed by atoms with van der Waals surface area (Å²) in [5, 5.41) is 9.20. The minimum absolute atomic E-state index is 0.0305. The largest absolute Gasteiger partial charge is 0.493 e. The van der Waals surface area contributed by atoms with Crippen molar-refractivity contribution in [1.82, 2.24) is 0 Å². The third-order valence-electron chi connectivity index (χ3n) is 4.37. The molecule has 0 atom stereocenters. The fraction of sp³-hybridized carbons (Fsp3) is 0.381. The number of carbonyl (C=O) groups is 1. The van der Waals surface area contributed by atoms with Gasteiger partial charge in [-0.05, 0) is 61.6 Å². The summed E-state index contributed by atoms with van der Waals surface area (Å²) in [6.07, 6.45) is 0.406. The minimum Gasteiger partial charge on any atom is -0.493 e. The third kappa shape index (κ3) is 5.54. The van der Waals surface area contributed by atoms with Crippen molar-refractivity contribution in [2.24, 2.45) is 0 Å². The number of halogens is 1. The van der Waals surface area contributed by atoms with Crippen LogP contribution in [0.2, 0.25) is 5.02 Å². The number of aliphatic carboxylic acids is 1. The molecule has 0 aliphatic rings. The van der Waals surface area contributed by atoms with Gasteiger partial charge in [-0.3, -0.25) is 4.79 Å². The predicted octanol–water partition coefficient (Wildman–Crippen LogP) is 4.75. The molecular weight excluding hydrogens is 368 g/mol. The van der Waals surface area contributed by atoms with E-state index in [1.54, 1.807) is 12.1 Å². The van der Waals surface area contributed by atoms with Crippen LogP contribution in [0.4, 0.5) is 0 Å². The van der Waals surface area contributed by atoms with Crippen LogP contribution in [0.15, 0.2) is 24.3 Å². The van der Waals surface area contributed by atoms with Crippen molar-refractivity contribution in [3.63, 3.8) is 0 Å². The second kappa shape index (κ2) is 9.51. The Morgan fingerprint density at radius 1 is 1.04 bits per heavy atom. The first kappa shape index (κ1) is 20.9. The molecule has 6 heteroatoms. The van der Waals surface area contributed by atoms with Crippen LogP contribution in [0.5, 0.6) is 17.2 Å². The van der Waals surface area contributed by atoms with Gasteiger partial charge in [0.15, 0.2) is 11.5 Å². The number of methoxy groups -OCH3 is 1. The van der Waals surface area contributed by atoms with Crippen LogP contribution in [-0.2, 0) is 11.2 Å². The molecule has 27 heavy (non-hydrogen) atoms. The second-order valence-corrected chi connectivity index (χ2v) is 6.76. The first-order valence-corrected chi connectivity index (χ1v) is 9.12. The molecule has 0 radical (unpaired) electrons. The normalized spacial score (nSPS) is 10.6. The number of hydrogen-bond acceptors (Lipinski definition) is 4. The highest BCUT2D eigenvalue weighted by Crippen LogP contribution is 2.36. The SMILES string of the molecule is COc1cc(CCC(=O)O)cc(Cl)c1OCCOc1c(C)ccc(C)c1C. The van der Waals surface area contributed by atoms with Crippen molar-refractivity contribution in [2.75, 3.05) is 20.3 Å². The highest BCUT2D eigenvalue weighted by atomic mass is 35.5. The molecule has 2 aromatic carbocycles. The topological polar surface area (TPSA) is 65.0 Å². The number of ether oxygens (including phenoxy) is 3. The van der Waals surface area contributed by atoms with Gasteiger partial charge in [-0.1, -0.05) is 23.7 Å². The molecule has 0 saturated heterocycles. The van der Waals surface area contributed by atoms with Crippen LogP contribution < -0.4 is 14.2 Å². The number of aryl methyl sites for hydroxylation is 3. The Morgan fingerprint density at radius 3 is 2.30 bits per heavy atom. The molecule has 0 bridgehead atoms. The summed E-state index contributed by atoms with van der Waals surface area (Å²) >= 11 is 6.30. The molecule has 146 valence electrons. The molecule has 0 spiro atoms. The van der Waals surface area contributed by atoms with Crippen LogP contribution in [0.3, 0.4) is 0 Å². The summed E-state index contributed by atoms with van der Waals surface area (Å²) in [7, 11) is 1.52. The first-order chi connectivity index (χ1) is 12.8. The number of carboxylic acid groups (broad SMARTS) is 1. The summed E-state index contributed by atoms with van der Waals surface area (Å²) in [6.45, 7) is 6.77. The Bertz CT molecular complexity index is 817. The van der Waals surface area contributed by atoms with Gasteiger partial charge in [-0.25, -0.2) is 0 Å². The maximum absolute atomic E-state index is 10.7. The maximum atomic E-state index is 10.7. The molecule has 1 N–H and O–H groups in total. The van der Waals surface area contributed by atoms with Crippen LogP contribution >= 0.6 is 11.6 Å². The van der Waals surface area contributed by atoms with Crippen molar-refractivity contribution >= 4 is 17.6 Å². The Balaban J connectivity index is 2.01. The van der Waals surface area contributed by atoms with Crippen molar-refractivity contribution in [2.45, 2.75) is 33.6 Å². The molecular formula is C21H25ClO5. The lowest BCUT2D eigenvalue weighted by molar-refractivity contribution is -0.136. The molecule has 0 saturated carbocycles. The Kier molecular flexibility index (Phi) is 7.36. The molecule has 2 aromatic rings. The zero-order chi connectivity index (χ0) is 20.0. The van der Waals surface area contributed by atoms with Crippen LogP contribution in [0, 0.1) is 20.8 Å². The third-order valence-corrected chi connectivity index (χ3v) is 4.65. The standard InChI is InChI=1S/C21H25ClO5/c1-13-5-6-14(2)20(15(13)3)26-9-10-27-21-17(22)11-16(7-8-19(23)24)12-18(21)25-4/h5-6,11-12H,7-10H2,1-4H3,(H,23,24). The van der Waals surface area contributed by atoms with Gasteiger partial charge < -0.3 is 19.3 Å². The van der Waals surface area contributed by atoms with E-state index in [1.165, 1.54) is 12.7 Å². The van der Waals surface area contributed by atoms with Gasteiger partial charge in [0.2, 0.25) is 0 Å². The van der Waals surface area contributed by atoms with Crippen molar-refractivity contribution < 1.29 is 24.1 Å². The number of hydrogen-bond donors (Lipinski definition) is 1. The van der Waals surface area contributed by atoms with Gasteiger partial charge in [0.25, 0.3) is 0 Å². The lowest BCUT2D eigenvalue weighted by Crippen LogP contribution is -2.11. The smallest absolute Gasteiger partial charge is 0.303 e. The van der Waals surface area contributed by atoms with Crippen LogP contribution in [0.1, 0.15) is 28.7 Å². The van der Waals surface area contributed by atoms with E-state index in [1.807, 2.05) is 19.9 Å². The van der Waals surface area contributed by atoms with Gasteiger partial charge >= 0.3 is 5.97 Å². The number of rotatable bonds is 9. The zero-order valence-corrected chi connectivity index (χ0v) is 16.9. The lowest BCUT2D eigenvalue weighted by Gasteiger charge is -2.16. The quantitative estimate of drug-likeness (QED) is 0.624. The summed E-state index contributed by atoms with van der Waals surface area (Å²) in [6, 6.07) is 7.57. The van der Waals surface area contributed by atoms with E-state index >= 15 is 0 Å². The van der Waals surface area contributed by atoms with E-state index in [0.717, 1.165) is 22.4 Å². The molecule has 0 unspecified atom stereocenters. The van der Waals surface area contributed by atoms with E-state index < -0.39 is 5.97 Å². The summed E-state index contributed by atoms with van der Waals surface area (Å²) < 4.78 is 17.0. The molecule has 0 aliphatic carbocycles. The van der Waals surface area contributed by atoms with E-state index in [-0.39, 0.29) is 6.42 Å². The first-order valence-electron chi connectivity index (χ1n) is 8.74. The predicted molar refractivity (Wildman–Crippen MR) is 106 cm³/mol. The molecule has 0 heterocycles. The fourth-order valence-corrected chi connectivity index (χ4v) is 3.03. The van der Waals surface area contributed by atoms with Crippen LogP contribution in [-0.4, -0.2) is 31.4 Å². The van der Waals surface area contributed by atoms with Gasteiger partial charge in [0.05, 0.1) is 12.1 Å². The molecule has 2 rings (SSSR count). The molecule has 0 amide bonds. The number of carboxylic acids is 1. The molecule has 5 nitrogen and oxygen atoms in total. The van der Waals surface area contributed by atoms with Gasteiger partial charge in [0, 0.05) is 6.42 Å². The molecule has 0 aliphatic heterocycles. The average molecular weight is 393 g/mol. The van der Waals surface area contributed by atoms with E-state index in [0.29, 0.717) is 36.2 Å². The average Bonchev–Trinajstić information content (AvgIpc) is 2.63. The Hall–Kier alpha value is -2.40. The van der Waals surface area contributed by atoms with Crippen molar-refractivity contribution in [1.29, 1.82) is 0 Å². The summed E-state index contributed by atoms with van der Waals surface area (Å²) in [4.78, 5) is 10.7. The highest BCUT2D eigenvalue weighted by molar-refractivity contribution is 6.32. The molecule has 0 fully saturated rings. The summed E-state index contributed by atoms with van der Waals surface area (Å²) in [5.41, 5.74) is 4.16. The van der Waals surface area contributed by atoms with Gasteiger partial charge in [0.1, 0.15) is 19.0 Å². The van der Waals surface area contributed by atoms with Crippen LogP contribution in [0.25, 0.3) is 0 Å². The monoisotopic (exact) mass is 392 g/mol. The van der Waals surface area contributed by atoms with Gasteiger partial charge in [-0.15, -0.1) is 0 Å². The highest BCUT2D eigenvalue weighted by Gasteiger charge is 2.13. The summed E-state index contributed by atoms with van der Waals surface area (Å²) in [5.74, 6) is 0.926. The van der Waals surface area contributed by atoms with E-state index in [4.69, 9.17) is 30.9 Å².